The SMILES string of the molecule is F/C=C(\F)c1cccc(C(F)(F)F)c1. The van der Waals surface area contributed by atoms with Gasteiger partial charge in [0.15, 0.2) is 5.83 Å². The van der Waals surface area contributed by atoms with Gasteiger partial charge >= 0.3 is 6.18 Å². The highest BCUT2D eigenvalue weighted by Crippen LogP contribution is 2.31. The highest BCUT2D eigenvalue weighted by atomic mass is 19.4. The number of halogens is 5. The van der Waals surface area contributed by atoms with Gasteiger partial charge in [-0.1, -0.05) is 12.1 Å². The van der Waals surface area contributed by atoms with E-state index in [2.05, 4.69) is 0 Å². The van der Waals surface area contributed by atoms with E-state index >= 15 is 0 Å². The molecule has 1 aromatic carbocycles. The second-order valence-electron chi connectivity index (χ2n) is 2.54. The molecule has 0 aliphatic carbocycles. The monoisotopic (exact) mass is 208 g/mol. The van der Waals surface area contributed by atoms with Crippen molar-refractivity contribution >= 4 is 5.83 Å². The van der Waals surface area contributed by atoms with Gasteiger partial charge in [-0.15, -0.1) is 0 Å². The summed E-state index contributed by atoms with van der Waals surface area (Å²) >= 11 is 0. The van der Waals surface area contributed by atoms with E-state index in [1.807, 2.05) is 0 Å². The van der Waals surface area contributed by atoms with Crippen LogP contribution >= 0.6 is 0 Å². The smallest absolute Gasteiger partial charge is 0.212 e. The van der Waals surface area contributed by atoms with E-state index in [9.17, 15) is 22.0 Å². The molecule has 0 aromatic heterocycles. The summed E-state index contributed by atoms with van der Waals surface area (Å²) in [7, 11) is 0. The first-order valence-corrected chi connectivity index (χ1v) is 3.58. The molecule has 1 aromatic rings. The fraction of sp³-hybridized carbons (Fsp3) is 0.111. The van der Waals surface area contributed by atoms with Gasteiger partial charge in [0.05, 0.1) is 5.56 Å². The zero-order chi connectivity index (χ0) is 10.8. The molecular formula is C9H5F5. The minimum absolute atomic E-state index is 0.379. The van der Waals surface area contributed by atoms with Crippen molar-refractivity contribution in [2.75, 3.05) is 0 Å². The number of benzene rings is 1. The van der Waals surface area contributed by atoms with Crippen LogP contribution in [-0.2, 0) is 6.18 Å². The largest absolute Gasteiger partial charge is 0.416 e. The van der Waals surface area contributed by atoms with Crippen LogP contribution in [0.5, 0.6) is 0 Å². The van der Waals surface area contributed by atoms with Gasteiger partial charge in [-0.3, -0.25) is 0 Å². The van der Waals surface area contributed by atoms with E-state index in [1.54, 1.807) is 0 Å². The molecule has 14 heavy (non-hydrogen) atoms. The molecule has 76 valence electrons. The van der Waals surface area contributed by atoms with E-state index in [0.717, 1.165) is 18.2 Å². The maximum Gasteiger partial charge on any atom is 0.416 e. The average molecular weight is 208 g/mol. The van der Waals surface area contributed by atoms with E-state index < -0.39 is 23.1 Å². The molecule has 0 fully saturated rings. The van der Waals surface area contributed by atoms with Crippen molar-refractivity contribution in [3.05, 3.63) is 41.7 Å². The van der Waals surface area contributed by atoms with Gasteiger partial charge in [-0.2, -0.15) is 13.2 Å². The average Bonchev–Trinajstić information content (AvgIpc) is 2.15. The number of alkyl halides is 3. The Bertz CT molecular complexity index is 350. The van der Waals surface area contributed by atoms with Crippen LogP contribution in [0.4, 0.5) is 22.0 Å². The molecular weight excluding hydrogens is 203 g/mol. The molecule has 0 aliphatic heterocycles. The lowest BCUT2D eigenvalue weighted by Crippen LogP contribution is -2.04. The molecule has 5 heteroatoms. The molecule has 0 nitrogen and oxygen atoms in total. The standard InChI is InChI=1S/C9H5F5/c10-5-8(11)6-2-1-3-7(4-6)9(12,13)14/h1-5H/b8-5-. The third-order valence-electron chi connectivity index (χ3n) is 1.56. The molecule has 1 rings (SSSR count). The fourth-order valence-corrected chi connectivity index (χ4v) is 0.907. The number of hydrogen-bond donors (Lipinski definition) is 0. The second-order valence-corrected chi connectivity index (χ2v) is 2.54. The first-order chi connectivity index (χ1) is 6.45. The van der Waals surface area contributed by atoms with E-state index in [1.165, 1.54) is 0 Å². The molecule has 0 radical (unpaired) electrons. The van der Waals surface area contributed by atoms with Gasteiger partial charge in [-0.25, -0.2) is 8.78 Å². The second kappa shape index (κ2) is 3.77. The highest BCUT2D eigenvalue weighted by Gasteiger charge is 2.30. The summed E-state index contributed by atoms with van der Waals surface area (Å²) in [5.41, 5.74) is -1.44. The summed E-state index contributed by atoms with van der Waals surface area (Å²) in [5.74, 6) is -1.32. The van der Waals surface area contributed by atoms with Crippen molar-refractivity contribution < 1.29 is 22.0 Å². The Morgan fingerprint density at radius 3 is 2.36 bits per heavy atom. The quantitative estimate of drug-likeness (QED) is 0.613. The van der Waals surface area contributed by atoms with Crippen molar-refractivity contribution in [2.45, 2.75) is 6.18 Å². The van der Waals surface area contributed by atoms with Gasteiger partial charge in [0.1, 0.15) is 6.33 Å². The first kappa shape index (κ1) is 10.7. The number of hydrogen-bond acceptors (Lipinski definition) is 0. The van der Waals surface area contributed by atoms with E-state index in [-0.39, 0.29) is 6.33 Å². The third kappa shape index (κ3) is 2.31. The van der Waals surface area contributed by atoms with Crippen LogP contribution in [0, 0.1) is 0 Å². The highest BCUT2D eigenvalue weighted by molar-refractivity contribution is 5.58. The predicted octanol–water partition coefficient (Wildman–Crippen LogP) is 3.94. The van der Waals surface area contributed by atoms with Crippen molar-refractivity contribution in [3.63, 3.8) is 0 Å². The van der Waals surface area contributed by atoms with Crippen LogP contribution in [0.25, 0.3) is 5.83 Å². The summed E-state index contributed by atoms with van der Waals surface area (Å²) in [4.78, 5) is 0. The van der Waals surface area contributed by atoms with Crippen LogP contribution in [0.15, 0.2) is 30.6 Å². The summed E-state index contributed by atoms with van der Waals surface area (Å²) in [6.45, 7) is 0. The van der Waals surface area contributed by atoms with E-state index in [4.69, 9.17) is 0 Å². The molecule has 0 saturated carbocycles. The van der Waals surface area contributed by atoms with Crippen LogP contribution in [-0.4, -0.2) is 0 Å². The van der Waals surface area contributed by atoms with Gasteiger partial charge in [0, 0.05) is 5.56 Å². The minimum Gasteiger partial charge on any atom is -0.212 e. The van der Waals surface area contributed by atoms with Gasteiger partial charge < -0.3 is 0 Å². The molecule has 0 unspecified atom stereocenters. The van der Waals surface area contributed by atoms with Gasteiger partial charge in [-0.05, 0) is 12.1 Å². The Labute approximate surface area is 76.7 Å². The lowest BCUT2D eigenvalue weighted by atomic mass is 10.1. The van der Waals surface area contributed by atoms with Crippen molar-refractivity contribution in [1.82, 2.24) is 0 Å². The van der Waals surface area contributed by atoms with E-state index in [0.29, 0.717) is 6.07 Å². The Balaban J connectivity index is 3.14. The minimum atomic E-state index is -4.55. The Morgan fingerprint density at radius 1 is 1.21 bits per heavy atom. The lowest BCUT2D eigenvalue weighted by molar-refractivity contribution is -0.137. The first-order valence-electron chi connectivity index (χ1n) is 3.58. The van der Waals surface area contributed by atoms with Crippen LogP contribution in [0.3, 0.4) is 0 Å². The topological polar surface area (TPSA) is 0 Å². The molecule has 0 N–H and O–H groups in total. The summed E-state index contributed by atoms with van der Waals surface area (Å²) < 4.78 is 60.5. The van der Waals surface area contributed by atoms with Crippen LogP contribution in [0.2, 0.25) is 0 Å². The number of rotatable bonds is 1. The molecule has 0 aliphatic rings. The van der Waals surface area contributed by atoms with Crippen LogP contribution in [0.1, 0.15) is 11.1 Å². The van der Waals surface area contributed by atoms with Crippen molar-refractivity contribution in [1.29, 1.82) is 0 Å². The normalized spacial score (nSPS) is 13.1. The summed E-state index contributed by atoms with van der Waals surface area (Å²) in [6, 6.07) is 3.41. The molecule has 0 bridgehead atoms. The molecule has 0 amide bonds. The van der Waals surface area contributed by atoms with Crippen LogP contribution < -0.4 is 0 Å². The van der Waals surface area contributed by atoms with Gasteiger partial charge in [0.2, 0.25) is 0 Å². The Hall–Kier alpha value is -1.39. The van der Waals surface area contributed by atoms with Gasteiger partial charge in [0.25, 0.3) is 0 Å². The molecule has 0 atom stereocenters. The molecule has 0 spiro atoms. The Morgan fingerprint density at radius 2 is 1.86 bits per heavy atom. The summed E-state index contributed by atoms with van der Waals surface area (Å²) in [6.07, 6.45) is -4.93. The maximum atomic E-state index is 12.6. The predicted molar refractivity (Wildman–Crippen MR) is 41.6 cm³/mol. The van der Waals surface area contributed by atoms with Crippen molar-refractivity contribution in [3.8, 4) is 0 Å². The fourth-order valence-electron chi connectivity index (χ4n) is 0.907. The zero-order valence-electron chi connectivity index (χ0n) is 6.78. The maximum absolute atomic E-state index is 12.6. The Kier molecular flexibility index (Phi) is 2.88. The van der Waals surface area contributed by atoms with Crippen molar-refractivity contribution in [2.24, 2.45) is 0 Å². The molecule has 0 saturated heterocycles. The third-order valence-corrected chi connectivity index (χ3v) is 1.56. The molecule has 0 heterocycles. The summed E-state index contributed by atoms with van der Waals surface area (Å²) in [5, 5.41) is 0. The lowest BCUT2D eigenvalue weighted by Gasteiger charge is -2.06. The zero-order valence-corrected chi connectivity index (χ0v) is 6.78.